The summed E-state index contributed by atoms with van der Waals surface area (Å²) in [6, 6.07) is 12.1. The number of amides is 2. The first kappa shape index (κ1) is 30.1. The Balaban J connectivity index is 2.26. The largest absolute Gasteiger partial charge is 0.497 e. The SMILES string of the molecule is CC[C@H](C)NC(=O)[C@H](CC)N(Cc1cccc(OC)c1)C(=O)CCCN(c1ccccc1F)S(C)(=O)=O. The highest BCUT2D eigenvalue weighted by molar-refractivity contribution is 7.92. The molecule has 0 aliphatic carbocycles. The van der Waals surface area contributed by atoms with Gasteiger partial charge < -0.3 is 15.0 Å². The van der Waals surface area contributed by atoms with Gasteiger partial charge in [0.15, 0.2) is 0 Å². The number of ether oxygens (including phenoxy) is 1. The van der Waals surface area contributed by atoms with E-state index < -0.39 is 21.9 Å². The molecule has 0 radical (unpaired) electrons. The van der Waals surface area contributed by atoms with Crippen LogP contribution in [0, 0.1) is 5.82 Å². The van der Waals surface area contributed by atoms with Gasteiger partial charge >= 0.3 is 0 Å². The molecule has 1 N–H and O–H groups in total. The minimum absolute atomic E-state index is 0.0163. The first-order valence-electron chi connectivity index (χ1n) is 12.5. The zero-order chi connectivity index (χ0) is 27.6. The average Bonchev–Trinajstić information content (AvgIpc) is 2.86. The lowest BCUT2D eigenvalue weighted by molar-refractivity contribution is -0.141. The van der Waals surface area contributed by atoms with Crippen LogP contribution in [0.1, 0.15) is 52.0 Å². The van der Waals surface area contributed by atoms with Crippen molar-refractivity contribution < 1.29 is 27.1 Å². The second kappa shape index (κ2) is 14.0. The lowest BCUT2D eigenvalue weighted by Gasteiger charge is -2.32. The maximum absolute atomic E-state index is 14.3. The molecule has 8 nitrogen and oxygen atoms in total. The third-order valence-corrected chi connectivity index (χ3v) is 7.33. The molecule has 0 aliphatic rings. The minimum atomic E-state index is -3.78. The van der Waals surface area contributed by atoms with Crippen LogP contribution in [-0.2, 0) is 26.2 Å². The fraction of sp³-hybridized carbons (Fsp3) is 0.481. The van der Waals surface area contributed by atoms with E-state index in [1.165, 1.54) is 23.1 Å². The summed E-state index contributed by atoms with van der Waals surface area (Å²) < 4.78 is 45.3. The van der Waals surface area contributed by atoms with Crippen molar-refractivity contribution in [2.75, 3.05) is 24.2 Å². The Morgan fingerprint density at radius 2 is 1.78 bits per heavy atom. The predicted molar refractivity (Wildman–Crippen MR) is 143 cm³/mol. The molecule has 0 saturated heterocycles. The molecule has 0 bridgehead atoms. The maximum atomic E-state index is 14.3. The Bertz CT molecular complexity index is 1160. The van der Waals surface area contributed by atoms with Gasteiger partial charge in [0, 0.05) is 25.6 Å². The zero-order valence-corrected chi connectivity index (χ0v) is 23.1. The number of nitrogens with zero attached hydrogens (tertiary/aromatic N) is 2. The summed E-state index contributed by atoms with van der Waals surface area (Å²) in [5.41, 5.74) is 0.733. The first-order valence-corrected chi connectivity index (χ1v) is 14.3. The Morgan fingerprint density at radius 3 is 2.38 bits per heavy atom. The van der Waals surface area contributed by atoms with Gasteiger partial charge in [0.2, 0.25) is 21.8 Å². The summed E-state index contributed by atoms with van der Waals surface area (Å²) in [5.74, 6) is -0.560. The number of methoxy groups -OCH3 is 1. The third-order valence-electron chi connectivity index (χ3n) is 6.15. The van der Waals surface area contributed by atoms with Gasteiger partial charge in [0.05, 0.1) is 19.1 Å². The average molecular weight is 536 g/mol. The number of nitrogens with one attached hydrogen (secondary N) is 1. The van der Waals surface area contributed by atoms with Gasteiger partial charge in [0.1, 0.15) is 17.6 Å². The molecular formula is C27H38FN3O5S. The fourth-order valence-electron chi connectivity index (χ4n) is 3.96. The number of carbonyl (C=O) groups excluding carboxylic acids is 2. The second-order valence-corrected chi connectivity index (χ2v) is 10.9. The van der Waals surface area contributed by atoms with Crippen molar-refractivity contribution in [2.24, 2.45) is 0 Å². The molecule has 0 aromatic heterocycles. The zero-order valence-electron chi connectivity index (χ0n) is 22.2. The van der Waals surface area contributed by atoms with E-state index in [2.05, 4.69) is 5.32 Å². The lowest BCUT2D eigenvalue weighted by atomic mass is 10.1. The van der Waals surface area contributed by atoms with Crippen LogP contribution in [0.15, 0.2) is 48.5 Å². The van der Waals surface area contributed by atoms with Crippen LogP contribution in [0.5, 0.6) is 5.75 Å². The minimum Gasteiger partial charge on any atom is -0.497 e. The van der Waals surface area contributed by atoms with Crippen molar-refractivity contribution in [1.29, 1.82) is 0 Å². The monoisotopic (exact) mass is 535 g/mol. The molecule has 204 valence electrons. The van der Waals surface area contributed by atoms with E-state index in [0.29, 0.717) is 12.2 Å². The van der Waals surface area contributed by atoms with E-state index in [0.717, 1.165) is 22.5 Å². The van der Waals surface area contributed by atoms with Gasteiger partial charge in [-0.1, -0.05) is 38.1 Å². The topological polar surface area (TPSA) is 96.0 Å². The van der Waals surface area contributed by atoms with E-state index in [-0.39, 0.29) is 49.5 Å². The van der Waals surface area contributed by atoms with Crippen molar-refractivity contribution in [3.63, 3.8) is 0 Å². The molecule has 37 heavy (non-hydrogen) atoms. The number of halogens is 1. The van der Waals surface area contributed by atoms with Crippen molar-refractivity contribution in [1.82, 2.24) is 10.2 Å². The molecule has 0 unspecified atom stereocenters. The molecule has 2 rings (SSSR count). The van der Waals surface area contributed by atoms with Crippen LogP contribution >= 0.6 is 0 Å². The summed E-state index contributed by atoms with van der Waals surface area (Å²) in [6.07, 6.45) is 2.30. The number of benzene rings is 2. The summed E-state index contributed by atoms with van der Waals surface area (Å²) in [7, 11) is -2.22. The standard InChI is InChI=1S/C27H38FN3O5S/c1-6-20(3)29-27(33)24(7-2)30(19-21-12-10-13-22(18-21)36-4)26(32)16-11-17-31(37(5,34)35)25-15-9-8-14-23(25)28/h8-10,12-15,18,20,24H,6-7,11,16-17,19H2,1-5H3,(H,29,33)/t20-,24-/m0/s1. The van der Waals surface area contributed by atoms with E-state index in [1.54, 1.807) is 19.2 Å². The molecule has 0 fully saturated rings. The smallest absolute Gasteiger partial charge is 0.243 e. The number of rotatable bonds is 14. The van der Waals surface area contributed by atoms with Gasteiger partial charge in [-0.3, -0.25) is 13.9 Å². The van der Waals surface area contributed by atoms with Gasteiger partial charge in [-0.05, 0) is 56.0 Å². The fourth-order valence-corrected chi connectivity index (χ4v) is 4.93. The molecular weight excluding hydrogens is 497 g/mol. The Hall–Kier alpha value is -3.14. The highest BCUT2D eigenvalue weighted by Gasteiger charge is 2.29. The van der Waals surface area contributed by atoms with Crippen LogP contribution < -0.4 is 14.4 Å². The number of para-hydroxylation sites is 1. The molecule has 0 aliphatic heterocycles. The number of anilines is 1. The third kappa shape index (κ3) is 8.73. The Kier molecular flexibility index (Phi) is 11.4. The predicted octanol–water partition coefficient (Wildman–Crippen LogP) is 4.10. The van der Waals surface area contributed by atoms with Crippen molar-refractivity contribution >= 4 is 27.5 Å². The normalized spacial score (nSPS) is 12.9. The maximum Gasteiger partial charge on any atom is 0.243 e. The van der Waals surface area contributed by atoms with E-state index in [4.69, 9.17) is 4.74 Å². The summed E-state index contributed by atoms with van der Waals surface area (Å²) >= 11 is 0. The van der Waals surface area contributed by atoms with Gasteiger partial charge in [-0.2, -0.15) is 0 Å². The van der Waals surface area contributed by atoms with Crippen LogP contribution in [0.2, 0.25) is 0 Å². The highest BCUT2D eigenvalue weighted by Crippen LogP contribution is 2.23. The van der Waals surface area contributed by atoms with Gasteiger partial charge in [-0.15, -0.1) is 0 Å². The quantitative estimate of drug-likeness (QED) is 0.393. The first-order chi connectivity index (χ1) is 17.5. The number of hydrogen-bond donors (Lipinski definition) is 1. The number of sulfonamides is 1. The molecule has 10 heteroatoms. The molecule has 2 aromatic carbocycles. The summed E-state index contributed by atoms with van der Waals surface area (Å²) in [4.78, 5) is 28.1. The van der Waals surface area contributed by atoms with Crippen LogP contribution in [0.25, 0.3) is 0 Å². The Morgan fingerprint density at radius 1 is 1.08 bits per heavy atom. The molecule has 2 atom stereocenters. The van der Waals surface area contributed by atoms with Crippen molar-refractivity contribution in [2.45, 2.75) is 65.1 Å². The lowest BCUT2D eigenvalue weighted by Crippen LogP contribution is -2.50. The molecule has 2 amide bonds. The van der Waals surface area contributed by atoms with Gasteiger partial charge in [0.25, 0.3) is 0 Å². The van der Waals surface area contributed by atoms with E-state index in [9.17, 15) is 22.4 Å². The molecule has 0 saturated carbocycles. The van der Waals surface area contributed by atoms with E-state index in [1.807, 2.05) is 39.0 Å². The van der Waals surface area contributed by atoms with Crippen LogP contribution in [0.3, 0.4) is 0 Å². The summed E-state index contributed by atoms with van der Waals surface area (Å²) in [5, 5.41) is 2.96. The van der Waals surface area contributed by atoms with Crippen molar-refractivity contribution in [3.05, 3.63) is 59.9 Å². The molecule has 0 spiro atoms. The highest BCUT2D eigenvalue weighted by atomic mass is 32.2. The Labute approximate surface area is 219 Å². The number of carbonyl (C=O) groups is 2. The second-order valence-electron chi connectivity index (χ2n) is 9.01. The van der Waals surface area contributed by atoms with E-state index >= 15 is 0 Å². The van der Waals surface area contributed by atoms with Crippen LogP contribution in [-0.4, -0.2) is 57.1 Å². The molecule has 0 heterocycles. The number of hydrogen-bond acceptors (Lipinski definition) is 5. The molecule has 2 aromatic rings. The van der Waals surface area contributed by atoms with Crippen LogP contribution in [0.4, 0.5) is 10.1 Å². The van der Waals surface area contributed by atoms with Gasteiger partial charge in [-0.25, -0.2) is 12.8 Å². The summed E-state index contributed by atoms with van der Waals surface area (Å²) in [6.45, 7) is 5.83. The van der Waals surface area contributed by atoms with Crippen molar-refractivity contribution in [3.8, 4) is 5.75 Å².